The Morgan fingerprint density at radius 1 is 1.70 bits per heavy atom. The number of rotatable bonds is 1. The fraction of sp³-hybridized carbons (Fsp3) is 0.750. The van der Waals surface area contributed by atoms with Gasteiger partial charge in [0.25, 0.3) is 0 Å². The van der Waals surface area contributed by atoms with Crippen molar-refractivity contribution in [1.29, 1.82) is 0 Å². The van der Waals surface area contributed by atoms with Crippen LogP contribution in [0.15, 0.2) is 12.2 Å². The largest absolute Gasteiger partial charge is 0.388 e. The molecule has 2 aliphatic rings. The van der Waals surface area contributed by atoms with Gasteiger partial charge in [0.2, 0.25) is 0 Å². The van der Waals surface area contributed by atoms with Crippen LogP contribution in [0.5, 0.6) is 0 Å². The maximum absolute atomic E-state index is 9.72. The maximum atomic E-state index is 9.72. The van der Waals surface area contributed by atoms with Crippen molar-refractivity contribution < 1.29 is 5.11 Å². The van der Waals surface area contributed by atoms with E-state index in [1.165, 1.54) is 0 Å². The highest BCUT2D eigenvalue weighted by atomic mass is 16.3. The van der Waals surface area contributed by atoms with E-state index < -0.39 is 5.60 Å². The van der Waals surface area contributed by atoms with Gasteiger partial charge in [0, 0.05) is 6.54 Å². The second kappa shape index (κ2) is 1.83. The van der Waals surface area contributed by atoms with Gasteiger partial charge in [0.1, 0.15) is 0 Å². The van der Waals surface area contributed by atoms with Crippen LogP contribution in [0.3, 0.4) is 0 Å². The van der Waals surface area contributed by atoms with Gasteiger partial charge in [-0.15, -0.1) is 0 Å². The van der Waals surface area contributed by atoms with Gasteiger partial charge >= 0.3 is 0 Å². The Morgan fingerprint density at radius 3 is 3.10 bits per heavy atom. The SMILES string of the molecule is NC[C@]1(O)C[C@@H]2C=CC[C@@H]21. The molecule has 0 bridgehead atoms. The summed E-state index contributed by atoms with van der Waals surface area (Å²) in [6.45, 7) is 0.426. The molecule has 0 aromatic carbocycles. The van der Waals surface area contributed by atoms with Crippen LogP contribution in [0.2, 0.25) is 0 Å². The molecule has 10 heavy (non-hydrogen) atoms. The zero-order chi connectivity index (χ0) is 7.19. The molecule has 0 heterocycles. The van der Waals surface area contributed by atoms with Crippen molar-refractivity contribution in [2.75, 3.05) is 6.54 Å². The van der Waals surface area contributed by atoms with E-state index in [2.05, 4.69) is 12.2 Å². The molecule has 3 atom stereocenters. The summed E-state index contributed by atoms with van der Waals surface area (Å²) in [7, 11) is 0. The third-order valence-corrected chi connectivity index (χ3v) is 2.92. The van der Waals surface area contributed by atoms with Crippen LogP contribution < -0.4 is 5.73 Å². The molecular formula is C8H13NO. The molecule has 0 aromatic rings. The van der Waals surface area contributed by atoms with Crippen molar-refractivity contribution in [3.8, 4) is 0 Å². The van der Waals surface area contributed by atoms with Gasteiger partial charge in [-0.1, -0.05) is 12.2 Å². The van der Waals surface area contributed by atoms with E-state index >= 15 is 0 Å². The highest BCUT2D eigenvalue weighted by Gasteiger charge is 2.51. The zero-order valence-electron chi connectivity index (χ0n) is 5.96. The Bertz CT molecular complexity index is 178. The first-order valence-corrected chi connectivity index (χ1v) is 3.85. The van der Waals surface area contributed by atoms with Gasteiger partial charge in [-0.25, -0.2) is 0 Å². The molecule has 0 unspecified atom stereocenters. The first-order valence-electron chi connectivity index (χ1n) is 3.85. The van der Waals surface area contributed by atoms with Crippen molar-refractivity contribution in [2.45, 2.75) is 18.4 Å². The Labute approximate surface area is 60.7 Å². The van der Waals surface area contributed by atoms with Crippen LogP contribution >= 0.6 is 0 Å². The molecule has 0 spiro atoms. The zero-order valence-corrected chi connectivity index (χ0v) is 5.96. The first-order chi connectivity index (χ1) is 4.76. The van der Waals surface area contributed by atoms with E-state index in [0.29, 0.717) is 18.4 Å². The summed E-state index contributed by atoms with van der Waals surface area (Å²) < 4.78 is 0. The van der Waals surface area contributed by atoms with E-state index in [1.54, 1.807) is 0 Å². The molecule has 2 heteroatoms. The molecule has 3 N–H and O–H groups in total. The molecule has 1 fully saturated rings. The van der Waals surface area contributed by atoms with E-state index in [9.17, 15) is 5.11 Å². The van der Waals surface area contributed by atoms with Crippen molar-refractivity contribution in [3.63, 3.8) is 0 Å². The molecule has 1 saturated carbocycles. The van der Waals surface area contributed by atoms with E-state index in [4.69, 9.17) is 5.73 Å². The first kappa shape index (κ1) is 6.38. The Morgan fingerprint density at radius 2 is 2.50 bits per heavy atom. The summed E-state index contributed by atoms with van der Waals surface area (Å²) >= 11 is 0. The summed E-state index contributed by atoms with van der Waals surface area (Å²) in [6, 6.07) is 0. The summed E-state index contributed by atoms with van der Waals surface area (Å²) in [5.41, 5.74) is 4.93. The van der Waals surface area contributed by atoms with Crippen LogP contribution in [0.25, 0.3) is 0 Å². The predicted octanol–water partition coefficient (Wildman–Crippen LogP) is 0.272. The van der Waals surface area contributed by atoms with E-state index in [0.717, 1.165) is 12.8 Å². The number of allylic oxidation sites excluding steroid dienone is 2. The summed E-state index contributed by atoms with van der Waals surface area (Å²) in [5, 5.41) is 9.72. The Balaban J connectivity index is 2.08. The van der Waals surface area contributed by atoms with Gasteiger partial charge < -0.3 is 10.8 Å². The maximum Gasteiger partial charge on any atom is 0.0811 e. The summed E-state index contributed by atoms with van der Waals surface area (Å²) in [4.78, 5) is 0. The molecule has 2 nitrogen and oxygen atoms in total. The average Bonchev–Trinajstić information content (AvgIpc) is 2.30. The minimum absolute atomic E-state index is 0.426. The third-order valence-electron chi connectivity index (χ3n) is 2.92. The third kappa shape index (κ3) is 0.607. The van der Waals surface area contributed by atoms with Gasteiger partial charge in [0.05, 0.1) is 5.60 Å². The van der Waals surface area contributed by atoms with E-state index in [1.807, 2.05) is 0 Å². The summed E-state index contributed by atoms with van der Waals surface area (Å²) in [6.07, 6.45) is 6.26. The van der Waals surface area contributed by atoms with Gasteiger partial charge in [-0.3, -0.25) is 0 Å². The molecule has 0 aliphatic heterocycles. The lowest BCUT2D eigenvalue weighted by atomic mass is 9.63. The fourth-order valence-corrected chi connectivity index (χ4v) is 2.17. The number of aliphatic hydroxyl groups is 1. The van der Waals surface area contributed by atoms with Crippen molar-refractivity contribution in [2.24, 2.45) is 17.6 Å². The minimum Gasteiger partial charge on any atom is -0.388 e. The summed E-state index contributed by atoms with van der Waals surface area (Å²) in [5.74, 6) is 1.08. The quantitative estimate of drug-likeness (QED) is 0.512. The van der Waals surface area contributed by atoms with Crippen LogP contribution in [0, 0.1) is 11.8 Å². The molecule has 0 saturated heterocycles. The number of hydrogen-bond donors (Lipinski definition) is 2. The van der Waals surface area contributed by atoms with E-state index in [-0.39, 0.29) is 0 Å². The van der Waals surface area contributed by atoms with Crippen LogP contribution in [-0.4, -0.2) is 17.3 Å². The second-order valence-corrected chi connectivity index (χ2v) is 3.45. The van der Waals surface area contributed by atoms with Gasteiger partial charge in [-0.05, 0) is 24.7 Å². The smallest absolute Gasteiger partial charge is 0.0811 e. The standard InChI is InChI=1S/C8H13NO/c9-5-8(10)4-6-2-1-3-7(6)8/h1-2,6-7,10H,3-5,9H2/t6-,7-,8+/m0/s1. The molecular weight excluding hydrogens is 126 g/mol. The van der Waals surface area contributed by atoms with Crippen LogP contribution in [0.1, 0.15) is 12.8 Å². The fourth-order valence-electron chi connectivity index (χ4n) is 2.17. The van der Waals surface area contributed by atoms with Gasteiger partial charge in [-0.2, -0.15) is 0 Å². The molecule has 0 aromatic heterocycles. The lowest BCUT2D eigenvalue weighted by molar-refractivity contribution is -0.108. The Kier molecular flexibility index (Phi) is 1.17. The van der Waals surface area contributed by atoms with Crippen molar-refractivity contribution >= 4 is 0 Å². The van der Waals surface area contributed by atoms with Crippen LogP contribution in [-0.2, 0) is 0 Å². The van der Waals surface area contributed by atoms with Crippen molar-refractivity contribution in [1.82, 2.24) is 0 Å². The number of fused-ring (bicyclic) bond motifs is 1. The van der Waals surface area contributed by atoms with Gasteiger partial charge in [0.15, 0.2) is 0 Å². The predicted molar refractivity (Wildman–Crippen MR) is 39.4 cm³/mol. The molecule has 2 aliphatic carbocycles. The molecule has 2 rings (SSSR count). The highest BCUT2D eigenvalue weighted by Crippen LogP contribution is 2.49. The number of nitrogens with two attached hydrogens (primary N) is 1. The van der Waals surface area contributed by atoms with Crippen LogP contribution in [0.4, 0.5) is 0 Å². The normalized spacial score (nSPS) is 50.6. The molecule has 0 amide bonds. The van der Waals surface area contributed by atoms with Crippen molar-refractivity contribution in [3.05, 3.63) is 12.2 Å². The minimum atomic E-state index is -0.520. The average molecular weight is 139 g/mol. The topological polar surface area (TPSA) is 46.2 Å². The highest BCUT2D eigenvalue weighted by molar-refractivity contribution is 5.16. The lowest BCUT2D eigenvalue weighted by Gasteiger charge is -2.47. The molecule has 56 valence electrons. The lowest BCUT2D eigenvalue weighted by Crippen LogP contribution is -2.56. The Hall–Kier alpha value is -0.340. The number of hydrogen-bond acceptors (Lipinski definition) is 2. The molecule has 0 radical (unpaired) electrons. The second-order valence-electron chi connectivity index (χ2n) is 3.45. The monoisotopic (exact) mass is 139 g/mol.